The lowest BCUT2D eigenvalue weighted by Crippen LogP contribution is -2.31. The molecule has 6 nitrogen and oxygen atoms in total. The molecule has 31 heavy (non-hydrogen) atoms. The number of fused-ring (bicyclic) bond motifs is 4. The number of allylic oxidation sites excluding steroid dienone is 5. The summed E-state index contributed by atoms with van der Waals surface area (Å²) in [6.45, 7) is 0.556. The number of rotatable bonds is 3. The highest BCUT2D eigenvalue weighted by atomic mass is 19.4. The number of aromatic nitrogens is 2. The summed E-state index contributed by atoms with van der Waals surface area (Å²) in [5.74, 6) is 0.769. The largest absolute Gasteiger partial charge is 0.573 e. The van der Waals surface area contributed by atoms with Crippen molar-refractivity contribution in [1.82, 2.24) is 14.9 Å². The molecule has 0 N–H and O–H groups in total. The number of nitrogens with zero attached hydrogens (tertiary/aromatic N) is 3. The zero-order valence-corrected chi connectivity index (χ0v) is 16.1. The van der Waals surface area contributed by atoms with Crippen molar-refractivity contribution < 1.29 is 27.4 Å². The summed E-state index contributed by atoms with van der Waals surface area (Å²) in [6.07, 6.45) is 2.72. The molecule has 2 aromatic rings. The van der Waals surface area contributed by atoms with Gasteiger partial charge in [0.2, 0.25) is 0 Å². The van der Waals surface area contributed by atoms with Crippen LogP contribution >= 0.6 is 0 Å². The Hall–Kier alpha value is -3.62. The lowest BCUT2D eigenvalue weighted by atomic mass is 10.0. The molecule has 158 valence electrons. The smallest absolute Gasteiger partial charge is 0.414 e. The predicted octanol–water partition coefficient (Wildman–Crippen LogP) is 4.55. The minimum absolute atomic E-state index is 0.213. The van der Waals surface area contributed by atoms with E-state index in [1.54, 1.807) is 24.5 Å². The lowest BCUT2D eigenvalue weighted by Gasteiger charge is -2.19. The molecule has 9 heteroatoms. The first kappa shape index (κ1) is 19.3. The van der Waals surface area contributed by atoms with E-state index in [9.17, 15) is 18.0 Å². The van der Waals surface area contributed by atoms with Gasteiger partial charge in [0, 0.05) is 25.4 Å². The van der Waals surface area contributed by atoms with Crippen molar-refractivity contribution in [2.45, 2.75) is 25.7 Å². The average Bonchev–Trinajstić information content (AvgIpc) is 2.83. The maximum atomic E-state index is 12.6. The number of amides is 1. The Balaban J connectivity index is 1.44. The Labute approximate surface area is 175 Å². The second kappa shape index (κ2) is 7.26. The van der Waals surface area contributed by atoms with Gasteiger partial charge >= 0.3 is 12.5 Å². The molecule has 0 radical (unpaired) electrons. The van der Waals surface area contributed by atoms with Crippen LogP contribution in [0.4, 0.5) is 18.0 Å². The first-order chi connectivity index (χ1) is 14.8. The Morgan fingerprint density at radius 2 is 1.94 bits per heavy atom. The normalized spacial score (nSPS) is 17.8. The first-order valence-electron chi connectivity index (χ1n) is 9.59. The van der Waals surface area contributed by atoms with Gasteiger partial charge in [0.25, 0.3) is 0 Å². The number of carbonyl (C=O) groups is 1. The number of ether oxygens (including phenoxy) is 2. The molecular weight excluding hydrogens is 411 g/mol. The molecule has 0 unspecified atom stereocenters. The molecule has 0 atom stereocenters. The fourth-order valence-electron chi connectivity index (χ4n) is 4.03. The van der Waals surface area contributed by atoms with Crippen LogP contribution in [0.25, 0.3) is 5.57 Å². The summed E-state index contributed by atoms with van der Waals surface area (Å²) in [5.41, 5.74) is 4.37. The summed E-state index contributed by atoms with van der Waals surface area (Å²) in [5, 5.41) is 0. The van der Waals surface area contributed by atoms with Crippen molar-refractivity contribution in [3.8, 4) is 5.75 Å². The van der Waals surface area contributed by atoms with Crippen LogP contribution in [-0.4, -0.2) is 33.9 Å². The molecule has 0 spiro atoms. The van der Waals surface area contributed by atoms with Gasteiger partial charge in [-0.2, -0.15) is 0 Å². The summed E-state index contributed by atoms with van der Waals surface area (Å²) in [6, 6.07) is 6.06. The topological polar surface area (TPSA) is 64.5 Å². The van der Waals surface area contributed by atoms with E-state index in [-0.39, 0.29) is 12.3 Å². The predicted molar refractivity (Wildman–Crippen MR) is 103 cm³/mol. The van der Waals surface area contributed by atoms with Crippen LogP contribution in [0.1, 0.15) is 23.4 Å². The van der Waals surface area contributed by atoms with Crippen LogP contribution in [0, 0.1) is 0 Å². The molecular formula is C22H16F3N3O3. The van der Waals surface area contributed by atoms with Gasteiger partial charge in [0.15, 0.2) is 0 Å². The Morgan fingerprint density at radius 3 is 2.71 bits per heavy atom. The molecule has 1 aliphatic heterocycles. The van der Waals surface area contributed by atoms with E-state index in [1.165, 1.54) is 17.0 Å². The number of alkyl halides is 3. The maximum absolute atomic E-state index is 12.6. The van der Waals surface area contributed by atoms with Crippen LogP contribution in [0.2, 0.25) is 0 Å². The van der Waals surface area contributed by atoms with Crippen LogP contribution in [0.3, 0.4) is 0 Å². The molecule has 2 heterocycles. The van der Waals surface area contributed by atoms with Gasteiger partial charge in [-0.3, -0.25) is 4.90 Å². The van der Waals surface area contributed by atoms with Crippen molar-refractivity contribution >= 4 is 11.7 Å². The highest BCUT2D eigenvalue weighted by Crippen LogP contribution is 2.41. The van der Waals surface area contributed by atoms with E-state index in [0.29, 0.717) is 31.0 Å². The SMILES string of the molecule is O=C1OC2=CC3=C(C=C(C2)CN1Cc1ncccn1)c1ccc(OC(F)(F)F)cc1C3. The molecule has 2 bridgehead atoms. The van der Waals surface area contributed by atoms with Gasteiger partial charge in [-0.05, 0) is 58.5 Å². The molecule has 0 saturated carbocycles. The first-order valence-corrected chi connectivity index (χ1v) is 9.59. The molecule has 1 aromatic heterocycles. The van der Waals surface area contributed by atoms with Gasteiger partial charge in [-0.15, -0.1) is 13.2 Å². The number of halogens is 3. The second-order valence-electron chi connectivity index (χ2n) is 7.46. The van der Waals surface area contributed by atoms with E-state index in [0.717, 1.165) is 27.8 Å². The van der Waals surface area contributed by atoms with E-state index in [1.807, 2.05) is 12.2 Å². The summed E-state index contributed by atoms with van der Waals surface area (Å²) < 4.78 is 47.3. The standard InChI is InChI=1S/C22H16F3N3O3/c23-22(24,25)31-16-2-3-18-14(9-16)8-15-10-17-6-13(7-19(15)18)11-28(21(29)30-17)12-20-26-4-1-5-27-20/h1-5,7,9-10H,6,8,11-12H2. The van der Waals surface area contributed by atoms with Crippen LogP contribution in [0.5, 0.6) is 5.75 Å². The zero-order chi connectivity index (χ0) is 21.6. The monoisotopic (exact) mass is 427 g/mol. The second-order valence-corrected chi connectivity index (χ2v) is 7.46. The minimum atomic E-state index is -4.74. The van der Waals surface area contributed by atoms with Crippen molar-refractivity contribution in [1.29, 1.82) is 0 Å². The summed E-state index contributed by atoms with van der Waals surface area (Å²) in [4.78, 5) is 22.5. The van der Waals surface area contributed by atoms with E-state index >= 15 is 0 Å². The Morgan fingerprint density at radius 1 is 1.13 bits per heavy atom. The maximum Gasteiger partial charge on any atom is 0.573 e. The Bertz CT molecular complexity index is 1150. The third-order valence-electron chi connectivity index (χ3n) is 5.23. The van der Waals surface area contributed by atoms with Crippen molar-refractivity contribution in [2.24, 2.45) is 0 Å². The molecule has 2 aliphatic carbocycles. The fraction of sp³-hybridized carbons (Fsp3) is 0.227. The van der Waals surface area contributed by atoms with Crippen molar-refractivity contribution in [2.75, 3.05) is 6.54 Å². The molecule has 1 saturated heterocycles. The fourth-order valence-corrected chi connectivity index (χ4v) is 4.03. The van der Waals surface area contributed by atoms with Crippen molar-refractivity contribution in [3.05, 3.63) is 82.7 Å². The number of benzene rings is 1. The van der Waals surface area contributed by atoms with Crippen LogP contribution < -0.4 is 4.74 Å². The molecule has 1 fully saturated rings. The average molecular weight is 427 g/mol. The molecule has 3 aliphatic rings. The van der Waals surface area contributed by atoms with E-state index in [4.69, 9.17) is 4.74 Å². The third kappa shape index (κ3) is 4.03. The van der Waals surface area contributed by atoms with Crippen molar-refractivity contribution in [3.63, 3.8) is 0 Å². The van der Waals surface area contributed by atoms with Gasteiger partial charge in [-0.25, -0.2) is 14.8 Å². The summed E-state index contributed by atoms with van der Waals surface area (Å²) in [7, 11) is 0. The Kier molecular flexibility index (Phi) is 4.53. The minimum Gasteiger partial charge on any atom is -0.414 e. The van der Waals surface area contributed by atoms with Gasteiger partial charge in [0.05, 0.1) is 6.54 Å². The molecule has 1 aromatic carbocycles. The van der Waals surface area contributed by atoms with Gasteiger partial charge in [0.1, 0.15) is 17.3 Å². The quantitative estimate of drug-likeness (QED) is 0.719. The van der Waals surface area contributed by atoms with Crippen LogP contribution in [-0.2, 0) is 17.7 Å². The lowest BCUT2D eigenvalue weighted by molar-refractivity contribution is -0.274. The number of hydrogen-bond donors (Lipinski definition) is 0. The molecule has 5 rings (SSSR count). The number of carbonyl (C=O) groups excluding carboxylic acids is 1. The van der Waals surface area contributed by atoms with Gasteiger partial charge in [-0.1, -0.05) is 12.1 Å². The highest BCUT2D eigenvalue weighted by molar-refractivity contribution is 5.87. The third-order valence-corrected chi connectivity index (χ3v) is 5.23. The van der Waals surface area contributed by atoms with E-state index in [2.05, 4.69) is 14.7 Å². The van der Waals surface area contributed by atoms with E-state index < -0.39 is 12.5 Å². The zero-order valence-electron chi connectivity index (χ0n) is 16.1. The number of hydrogen-bond acceptors (Lipinski definition) is 5. The summed E-state index contributed by atoms with van der Waals surface area (Å²) >= 11 is 0. The van der Waals surface area contributed by atoms with Crippen LogP contribution in [0.15, 0.2) is 65.7 Å². The highest BCUT2D eigenvalue weighted by Gasteiger charge is 2.33. The molecule has 1 amide bonds. The van der Waals surface area contributed by atoms with Gasteiger partial charge < -0.3 is 9.47 Å².